The van der Waals surface area contributed by atoms with Crippen molar-refractivity contribution in [2.24, 2.45) is 4.99 Å². The maximum Gasteiger partial charge on any atom is 0.242 e. The van der Waals surface area contributed by atoms with E-state index in [-0.39, 0.29) is 41.5 Å². The molecule has 0 bridgehead atoms. The van der Waals surface area contributed by atoms with Crippen LogP contribution in [0.25, 0.3) is 0 Å². The van der Waals surface area contributed by atoms with Gasteiger partial charge in [-0.05, 0) is 58.2 Å². The van der Waals surface area contributed by atoms with Gasteiger partial charge in [-0.3, -0.25) is 9.79 Å². The van der Waals surface area contributed by atoms with Gasteiger partial charge < -0.3 is 20.0 Å². The summed E-state index contributed by atoms with van der Waals surface area (Å²) in [6, 6.07) is 4.38. The average Bonchev–Trinajstić information content (AvgIpc) is 3.15. The number of carbonyl (C=O) groups excluding carboxylic acids is 1. The highest BCUT2D eigenvalue weighted by molar-refractivity contribution is 14.0. The number of guanidine groups is 1. The second-order valence-electron chi connectivity index (χ2n) is 8.64. The summed E-state index contributed by atoms with van der Waals surface area (Å²) in [5, 5.41) is 3.43. The summed E-state index contributed by atoms with van der Waals surface area (Å²) < 4.78 is 0. The van der Waals surface area contributed by atoms with Crippen molar-refractivity contribution in [1.82, 2.24) is 20.1 Å². The number of anilines is 1. The molecular weight excluding hydrogens is 479 g/mol. The molecular formula is C21H35IN6O. The van der Waals surface area contributed by atoms with Crippen LogP contribution in [0.3, 0.4) is 0 Å². The quantitative estimate of drug-likeness (QED) is 0.381. The fourth-order valence-electron chi connectivity index (χ4n) is 4.52. The minimum Gasteiger partial charge on any atom is -0.357 e. The van der Waals surface area contributed by atoms with Gasteiger partial charge in [0.1, 0.15) is 5.82 Å². The Bertz CT molecular complexity index is 730. The van der Waals surface area contributed by atoms with Crippen LogP contribution < -0.4 is 10.2 Å². The lowest BCUT2D eigenvalue weighted by molar-refractivity contribution is -0.145. The molecule has 3 rings (SSSR count). The molecule has 29 heavy (non-hydrogen) atoms. The molecule has 2 aliphatic heterocycles. The van der Waals surface area contributed by atoms with E-state index in [9.17, 15) is 4.79 Å². The van der Waals surface area contributed by atoms with E-state index in [0.29, 0.717) is 13.1 Å². The molecule has 0 aromatic carbocycles. The number of hydrogen-bond acceptors (Lipinski definition) is 4. The minimum absolute atomic E-state index is 0. The number of piperazine rings is 1. The largest absolute Gasteiger partial charge is 0.357 e. The predicted octanol–water partition coefficient (Wildman–Crippen LogP) is 2.71. The second kappa shape index (κ2) is 9.95. The lowest BCUT2D eigenvalue weighted by atomic mass is 9.96. The van der Waals surface area contributed by atoms with Crippen LogP contribution in [0.1, 0.15) is 46.1 Å². The third-order valence-electron chi connectivity index (χ3n) is 5.54. The molecule has 1 aromatic rings. The molecule has 8 heteroatoms. The van der Waals surface area contributed by atoms with Crippen molar-refractivity contribution < 1.29 is 4.79 Å². The zero-order chi connectivity index (χ0) is 20.3. The first kappa shape index (κ1) is 23.7. The van der Waals surface area contributed by atoms with Crippen molar-refractivity contribution in [2.75, 3.05) is 38.1 Å². The van der Waals surface area contributed by atoms with Gasteiger partial charge in [-0.1, -0.05) is 0 Å². The number of halogens is 1. The summed E-state index contributed by atoms with van der Waals surface area (Å²) in [7, 11) is 1.77. The van der Waals surface area contributed by atoms with Gasteiger partial charge in [0.05, 0.1) is 12.1 Å². The lowest BCUT2D eigenvalue weighted by Crippen LogP contribution is -2.66. The molecule has 0 aliphatic carbocycles. The topological polar surface area (TPSA) is 64.1 Å². The van der Waals surface area contributed by atoms with Crippen molar-refractivity contribution in [3.8, 4) is 0 Å². The molecule has 1 amide bonds. The number of nitrogens with one attached hydrogen (secondary N) is 1. The lowest BCUT2D eigenvalue weighted by Gasteiger charge is -2.49. The molecule has 1 N–H and O–H groups in total. The average molecular weight is 514 g/mol. The van der Waals surface area contributed by atoms with E-state index < -0.39 is 0 Å². The highest BCUT2D eigenvalue weighted by Crippen LogP contribution is 2.24. The number of carbonyl (C=O) groups is 1. The van der Waals surface area contributed by atoms with Crippen LogP contribution in [0.4, 0.5) is 5.82 Å². The first-order valence-corrected chi connectivity index (χ1v) is 10.3. The number of hydrogen-bond donors (Lipinski definition) is 1. The van der Waals surface area contributed by atoms with E-state index >= 15 is 0 Å². The summed E-state index contributed by atoms with van der Waals surface area (Å²) in [6.07, 6.45) is 4.35. The van der Waals surface area contributed by atoms with Gasteiger partial charge in [0.25, 0.3) is 0 Å². The number of aliphatic imine (C=N–C) groups is 1. The van der Waals surface area contributed by atoms with Gasteiger partial charge >= 0.3 is 0 Å². The molecule has 7 nitrogen and oxygen atoms in total. The van der Waals surface area contributed by atoms with Gasteiger partial charge in [0, 0.05) is 45.5 Å². The fraction of sp³-hybridized carbons (Fsp3) is 0.667. The highest BCUT2D eigenvalue weighted by Gasteiger charge is 2.40. The Morgan fingerprint density at radius 1 is 1.31 bits per heavy atom. The third-order valence-corrected chi connectivity index (χ3v) is 5.54. The van der Waals surface area contributed by atoms with Crippen LogP contribution in [-0.2, 0) is 11.3 Å². The molecule has 0 saturated carbocycles. The first-order valence-electron chi connectivity index (χ1n) is 10.3. The van der Waals surface area contributed by atoms with Gasteiger partial charge in [-0.2, -0.15) is 0 Å². The van der Waals surface area contributed by atoms with E-state index in [2.05, 4.69) is 58.9 Å². The second-order valence-corrected chi connectivity index (χ2v) is 8.64. The van der Waals surface area contributed by atoms with Gasteiger partial charge in [-0.15, -0.1) is 24.0 Å². The van der Waals surface area contributed by atoms with E-state index in [1.54, 1.807) is 7.05 Å². The number of amides is 1. The van der Waals surface area contributed by atoms with Crippen molar-refractivity contribution in [1.29, 1.82) is 0 Å². The SMILES string of the molecule is CN=C(NCc1ccnc(N2CCCC2)c1)N1CC(=O)N(C(C)C)C(C)(C)C1.I. The summed E-state index contributed by atoms with van der Waals surface area (Å²) in [5.74, 6) is 1.97. The Kier molecular flexibility index (Phi) is 8.13. The molecule has 0 spiro atoms. The monoisotopic (exact) mass is 514 g/mol. The number of pyridine rings is 1. The molecule has 3 heterocycles. The molecule has 0 unspecified atom stereocenters. The Morgan fingerprint density at radius 3 is 2.59 bits per heavy atom. The van der Waals surface area contributed by atoms with E-state index in [1.807, 2.05) is 17.2 Å². The van der Waals surface area contributed by atoms with E-state index in [1.165, 1.54) is 18.4 Å². The summed E-state index contributed by atoms with van der Waals surface area (Å²) in [6.45, 7) is 12.3. The van der Waals surface area contributed by atoms with Crippen molar-refractivity contribution in [3.05, 3.63) is 23.9 Å². The van der Waals surface area contributed by atoms with Gasteiger partial charge in [0.2, 0.25) is 5.91 Å². The van der Waals surface area contributed by atoms with Crippen LogP contribution in [-0.4, -0.2) is 71.5 Å². The van der Waals surface area contributed by atoms with Crippen LogP contribution in [0, 0.1) is 0 Å². The summed E-state index contributed by atoms with van der Waals surface area (Å²) >= 11 is 0. The molecule has 0 radical (unpaired) electrons. The Balaban J connectivity index is 0.00000300. The summed E-state index contributed by atoms with van der Waals surface area (Å²) in [5.41, 5.74) is 0.935. The predicted molar refractivity (Wildman–Crippen MR) is 129 cm³/mol. The van der Waals surface area contributed by atoms with E-state index in [0.717, 1.165) is 31.4 Å². The van der Waals surface area contributed by atoms with Crippen LogP contribution in [0.2, 0.25) is 0 Å². The minimum atomic E-state index is -0.235. The molecule has 2 aliphatic rings. The number of aromatic nitrogens is 1. The van der Waals surface area contributed by atoms with Crippen LogP contribution in [0.5, 0.6) is 0 Å². The smallest absolute Gasteiger partial charge is 0.242 e. The standard InChI is InChI=1S/C21H34N6O.HI/c1-16(2)27-19(28)14-26(15-21(27,3)4)20(22-5)24-13-17-8-9-23-18(12-17)25-10-6-7-11-25;/h8-9,12,16H,6-7,10-11,13-15H2,1-5H3,(H,22,24);1H. The first-order chi connectivity index (χ1) is 13.3. The Morgan fingerprint density at radius 2 is 2.00 bits per heavy atom. The van der Waals surface area contributed by atoms with Gasteiger partial charge in [-0.25, -0.2) is 4.98 Å². The Labute approximate surface area is 192 Å². The number of rotatable bonds is 4. The maximum atomic E-state index is 12.7. The van der Waals surface area contributed by atoms with Gasteiger partial charge in [0.15, 0.2) is 5.96 Å². The maximum absolute atomic E-state index is 12.7. The van der Waals surface area contributed by atoms with Crippen LogP contribution in [0.15, 0.2) is 23.3 Å². The number of nitrogens with zero attached hydrogens (tertiary/aromatic N) is 5. The van der Waals surface area contributed by atoms with E-state index in [4.69, 9.17) is 0 Å². The molecule has 162 valence electrons. The Hall–Kier alpha value is -1.58. The van der Waals surface area contributed by atoms with Crippen molar-refractivity contribution in [3.63, 3.8) is 0 Å². The normalized spacial score (nSPS) is 19.6. The molecule has 2 fully saturated rings. The summed E-state index contributed by atoms with van der Waals surface area (Å²) in [4.78, 5) is 28.1. The molecule has 0 atom stereocenters. The highest BCUT2D eigenvalue weighted by atomic mass is 127. The van der Waals surface area contributed by atoms with Crippen molar-refractivity contribution in [2.45, 2.75) is 58.7 Å². The zero-order valence-corrected chi connectivity index (χ0v) is 20.6. The molecule has 2 saturated heterocycles. The van der Waals surface area contributed by atoms with Crippen molar-refractivity contribution >= 4 is 41.7 Å². The molecule has 1 aromatic heterocycles. The third kappa shape index (κ3) is 5.52. The zero-order valence-electron chi connectivity index (χ0n) is 18.3. The fourth-order valence-corrected chi connectivity index (χ4v) is 4.52. The van der Waals surface area contributed by atoms with Crippen LogP contribution >= 0.6 is 24.0 Å².